The molecule has 20 nitrogen and oxygen atoms in total. The van der Waals surface area contributed by atoms with Crippen molar-refractivity contribution in [2.45, 2.75) is 38.6 Å². The first-order valence-corrected chi connectivity index (χ1v) is 23.2. The van der Waals surface area contributed by atoms with E-state index in [0.29, 0.717) is 58.5 Å². The number of aryl methyl sites for hydroxylation is 4. The second-order valence-electron chi connectivity index (χ2n) is 16.8. The van der Waals surface area contributed by atoms with E-state index in [9.17, 15) is 33.4 Å². The van der Waals surface area contributed by atoms with Crippen LogP contribution in [0.3, 0.4) is 0 Å². The van der Waals surface area contributed by atoms with Gasteiger partial charge >= 0.3 is 7.75 Å². The Morgan fingerprint density at radius 1 is 0.926 bits per heavy atom. The van der Waals surface area contributed by atoms with Crippen LogP contribution >= 0.6 is 7.75 Å². The van der Waals surface area contributed by atoms with Crippen molar-refractivity contribution < 1.29 is 47.4 Å². The highest BCUT2D eigenvalue weighted by Crippen LogP contribution is 2.42. The standard InChI is InChI=1S/C47H51N10O10P/c1-28-16-34-23-48-36-22-41(29(2)17-35(36)46(61)57(34)24-28)66-13-7-8-43(59)50-42-27-55(5)44(51-42)40(58)19-30-18-38(53(3)25-30)45(60)49-33-21-39(54(4)26-33)47(62)56-12-11-31-9-10-32(20-37(31)56)52-68(63,64)67-15-14-65-6/h9-12,17-18,20-23,25-27,34H,1,7-8,13-16,19,24H2,2-6H3,(H,49,60)(H,50,59)(H2,52,63,64)/t34-/m0/s1. The number of carbonyl (C=O) groups excluding carboxylic acids is 5. The smallest absolute Gasteiger partial charge is 0.430 e. The molecule has 4 aromatic heterocycles. The fourth-order valence-electron chi connectivity index (χ4n) is 8.22. The molecule has 6 aromatic rings. The average Bonchev–Trinajstić information content (AvgIpc) is 4.11. The molecule has 8 rings (SSSR count). The van der Waals surface area contributed by atoms with Gasteiger partial charge in [-0.1, -0.05) is 18.2 Å². The average molecular weight is 947 g/mol. The van der Waals surface area contributed by atoms with E-state index in [1.165, 1.54) is 22.3 Å². The van der Waals surface area contributed by atoms with Crippen molar-refractivity contribution in [3.63, 3.8) is 0 Å². The first-order valence-electron chi connectivity index (χ1n) is 21.7. The van der Waals surface area contributed by atoms with Gasteiger partial charge in [0, 0.05) is 95.8 Å². The topological polar surface area (TPSA) is 235 Å². The van der Waals surface area contributed by atoms with Gasteiger partial charge < -0.3 is 43.6 Å². The molecular formula is C47H51N10O10P. The quantitative estimate of drug-likeness (QED) is 0.0327. The maximum Gasteiger partial charge on any atom is 0.430 e. The van der Waals surface area contributed by atoms with Crippen LogP contribution in [0.25, 0.3) is 10.9 Å². The van der Waals surface area contributed by atoms with Crippen LogP contribution in [0.15, 0.2) is 90.5 Å². The highest BCUT2D eigenvalue weighted by molar-refractivity contribution is 7.54. The summed E-state index contributed by atoms with van der Waals surface area (Å²) in [4.78, 5) is 87.8. The van der Waals surface area contributed by atoms with Gasteiger partial charge in [0.1, 0.15) is 17.1 Å². The SMILES string of the molecule is C=C1C[C@H]2C=Nc3cc(OCCCC(=O)Nc4cn(C)c(C(=O)Cc5cc(C(=O)Nc6cc(C(=O)n7ccc8ccc(NP(=O)(O)OCCOC)cc87)n(C)c6)n(C)c5)n4)c(C)cc3C(=O)N2C1. The molecule has 1 fully saturated rings. The van der Waals surface area contributed by atoms with Crippen LogP contribution in [0.4, 0.5) is 22.9 Å². The number of aromatic nitrogens is 5. The number of ketones is 1. The lowest BCUT2D eigenvalue weighted by molar-refractivity contribution is -0.116. The summed E-state index contributed by atoms with van der Waals surface area (Å²) in [7, 11) is 2.23. The Bertz CT molecular complexity index is 3090. The second kappa shape index (κ2) is 19.5. The van der Waals surface area contributed by atoms with Gasteiger partial charge in [-0.05, 0) is 67.3 Å². The minimum atomic E-state index is -4.21. The van der Waals surface area contributed by atoms with Crippen LogP contribution in [-0.4, -0.2) is 108 Å². The van der Waals surface area contributed by atoms with E-state index in [1.54, 1.807) is 109 Å². The number of nitrogens with one attached hydrogen (secondary N) is 3. The molecule has 2 aliphatic heterocycles. The Morgan fingerprint density at radius 2 is 1.72 bits per heavy atom. The zero-order valence-electron chi connectivity index (χ0n) is 38.1. The van der Waals surface area contributed by atoms with E-state index < -0.39 is 19.6 Å². The number of amides is 3. The summed E-state index contributed by atoms with van der Waals surface area (Å²) in [5, 5.41) is 8.77. The fraction of sp³-hybridized carbons (Fsp3) is 0.298. The lowest BCUT2D eigenvalue weighted by Crippen LogP contribution is -2.35. The summed E-state index contributed by atoms with van der Waals surface area (Å²) in [6.45, 7) is 6.68. The Kier molecular flexibility index (Phi) is 13.5. The molecule has 1 unspecified atom stereocenters. The van der Waals surface area contributed by atoms with Crippen LogP contribution < -0.4 is 20.5 Å². The van der Waals surface area contributed by atoms with E-state index in [4.69, 9.17) is 14.0 Å². The number of rotatable bonds is 18. The molecule has 354 valence electrons. The molecule has 0 spiro atoms. The molecule has 2 aromatic carbocycles. The van der Waals surface area contributed by atoms with Gasteiger partial charge in [0.2, 0.25) is 11.7 Å². The molecule has 21 heteroatoms. The van der Waals surface area contributed by atoms with Gasteiger partial charge in [-0.2, -0.15) is 0 Å². The first-order chi connectivity index (χ1) is 32.5. The zero-order chi connectivity index (χ0) is 48.4. The molecule has 0 bridgehead atoms. The van der Waals surface area contributed by atoms with E-state index in [0.717, 1.165) is 11.1 Å². The number of hydrogen-bond acceptors (Lipinski definition) is 11. The maximum atomic E-state index is 13.8. The monoisotopic (exact) mass is 946 g/mol. The molecule has 0 aliphatic carbocycles. The van der Waals surface area contributed by atoms with E-state index in [1.807, 2.05) is 6.92 Å². The molecule has 3 amide bonds. The molecule has 0 radical (unpaired) electrons. The summed E-state index contributed by atoms with van der Waals surface area (Å²) in [6.07, 6.45) is 9.34. The number of carbonyl (C=O) groups is 5. The number of aliphatic imine (C=N–C) groups is 1. The third-order valence-corrected chi connectivity index (χ3v) is 12.6. The van der Waals surface area contributed by atoms with Gasteiger partial charge in [-0.3, -0.25) is 43.1 Å². The highest BCUT2D eigenvalue weighted by Gasteiger charge is 2.34. The van der Waals surface area contributed by atoms with Gasteiger partial charge in [0.05, 0.1) is 48.3 Å². The molecule has 4 N–H and O–H groups in total. The van der Waals surface area contributed by atoms with Gasteiger partial charge in [-0.25, -0.2) is 9.55 Å². The molecule has 68 heavy (non-hydrogen) atoms. The second-order valence-corrected chi connectivity index (χ2v) is 18.3. The molecule has 2 aliphatic rings. The highest BCUT2D eigenvalue weighted by atomic mass is 31.2. The van der Waals surface area contributed by atoms with E-state index in [-0.39, 0.29) is 85.0 Å². The number of ether oxygens (including phenoxy) is 2. The molecule has 6 heterocycles. The van der Waals surface area contributed by atoms with Crippen LogP contribution in [0.1, 0.15) is 72.3 Å². The number of fused-ring (bicyclic) bond motifs is 3. The fourth-order valence-corrected chi connectivity index (χ4v) is 9.07. The van der Waals surface area contributed by atoms with E-state index >= 15 is 0 Å². The van der Waals surface area contributed by atoms with E-state index in [2.05, 4.69) is 32.3 Å². The predicted molar refractivity (Wildman–Crippen MR) is 254 cm³/mol. The van der Waals surface area contributed by atoms with Crippen molar-refractivity contribution in [2.24, 2.45) is 26.1 Å². The predicted octanol–water partition coefficient (Wildman–Crippen LogP) is 6.19. The summed E-state index contributed by atoms with van der Waals surface area (Å²) in [6, 6.07) is 13.2. The van der Waals surface area contributed by atoms with Crippen molar-refractivity contribution in [3.05, 3.63) is 119 Å². The minimum Gasteiger partial charge on any atom is -0.493 e. The summed E-state index contributed by atoms with van der Waals surface area (Å²) < 4.78 is 34.5. The van der Waals surface area contributed by atoms with Gasteiger partial charge in [-0.15, -0.1) is 0 Å². The third kappa shape index (κ3) is 10.3. The molecule has 2 atom stereocenters. The van der Waals surface area contributed by atoms with Crippen molar-refractivity contribution in [3.8, 4) is 5.75 Å². The van der Waals surface area contributed by atoms with Crippen LogP contribution in [0.5, 0.6) is 5.75 Å². The Balaban J connectivity index is 0.832. The lowest BCUT2D eigenvalue weighted by atomic mass is 10.1. The number of imidazole rings is 1. The molecular weight excluding hydrogens is 896 g/mol. The molecule has 0 saturated carbocycles. The van der Waals surface area contributed by atoms with Crippen molar-refractivity contribution in [1.29, 1.82) is 0 Å². The summed E-state index contributed by atoms with van der Waals surface area (Å²) in [5.74, 6) is -0.697. The van der Waals surface area contributed by atoms with Crippen LogP contribution in [-0.2, 0) is 46.2 Å². The number of nitrogens with zero attached hydrogens (tertiary/aromatic N) is 7. The van der Waals surface area contributed by atoms with Crippen molar-refractivity contribution >= 4 is 77.2 Å². The normalized spacial score (nSPS) is 15.2. The largest absolute Gasteiger partial charge is 0.493 e. The number of benzene rings is 2. The number of methoxy groups -OCH3 is 1. The maximum absolute atomic E-state index is 13.8. The Labute approximate surface area is 390 Å². The number of hydrogen-bond donors (Lipinski definition) is 4. The van der Waals surface area contributed by atoms with Gasteiger partial charge in [0.15, 0.2) is 11.6 Å². The van der Waals surface area contributed by atoms with Crippen molar-refractivity contribution in [2.75, 3.05) is 49.2 Å². The molecule has 1 saturated heterocycles. The number of Topliss-reactive ketones (excluding diaryl/α,β-unsaturated/α-hetero) is 1. The summed E-state index contributed by atoms with van der Waals surface area (Å²) in [5.41, 5.74) is 5.00. The lowest BCUT2D eigenvalue weighted by Gasteiger charge is -2.20. The Morgan fingerprint density at radius 3 is 2.51 bits per heavy atom. The third-order valence-electron chi connectivity index (χ3n) is 11.5. The van der Waals surface area contributed by atoms with Crippen LogP contribution in [0.2, 0.25) is 0 Å². The zero-order valence-corrected chi connectivity index (χ0v) is 39.0. The van der Waals surface area contributed by atoms with Gasteiger partial charge in [0.25, 0.3) is 17.7 Å². The van der Waals surface area contributed by atoms with Crippen LogP contribution in [0, 0.1) is 6.92 Å². The van der Waals surface area contributed by atoms with Crippen molar-refractivity contribution in [1.82, 2.24) is 28.2 Å². The Hall–Kier alpha value is -7.38. The summed E-state index contributed by atoms with van der Waals surface area (Å²) >= 11 is 0. The first kappa shape index (κ1) is 47.1. The number of anilines is 3. The minimum absolute atomic E-state index is 0.0738.